The minimum Gasteiger partial charge on any atom is -0.455 e. The quantitative estimate of drug-likeness (QED) is 0.722. The van der Waals surface area contributed by atoms with Crippen LogP contribution >= 0.6 is 0 Å². The van der Waals surface area contributed by atoms with E-state index in [0.717, 1.165) is 6.42 Å². The zero-order valence-electron chi connectivity index (χ0n) is 16.8. The second-order valence-corrected chi connectivity index (χ2v) is 8.79. The number of Topliss-reactive ketones (excluding diaryl/α,β-unsaturated/α-hetero) is 1. The van der Waals surface area contributed by atoms with E-state index in [2.05, 4.69) is 6.92 Å². The highest BCUT2D eigenvalue weighted by atomic mass is 16.6. The van der Waals surface area contributed by atoms with Gasteiger partial charge in [-0.1, -0.05) is 43.3 Å². The fourth-order valence-electron chi connectivity index (χ4n) is 6.01. The summed E-state index contributed by atoms with van der Waals surface area (Å²) in [5, 5.41) is 0. The Morgan fingerprint density at radius 3 is 1.83 bits per heavy atom. The van der Waals surface area contributed by atoms with E-state index < -0.39 is 24.1 Å². The lowest BCUT2D eigenvalue weighted by Gasteiger charge is -2.37. The van der Waals surface area contributed by atoms with Crippen molar-refractivity contribution in [2.45, 2.75) is 32.0 Å². The molecule has 5 heteroatoms. The first kappa shape index (κ1) is 19.0. The minimum absolute atomic E-state index is 0.0442. The predicted octanol–water partition coefficient (Wildman–Crippen LogP) is 3.93. The van der Waals surface area contributed by atoms with Crippen molar-refractivity contribution in [3.8, 4) is 0 Å². The van der Waals surface area contributed by atoms with Crippen LogP contribution in [0.25, 0.3) is 0 Å². The molecule has 0 N–H and O–H groups in total. The molecule has 3 aliphatic carbocycles. The highest BCUT2D eigenvalue weighted by Crippen LogP contribution is 2.61. The van der Waals surface area contributed by atoms with Crippen LogP contribution in [0.15, 0.2) is 60.7 Å². The van der Waals surface area contributed by atoms with E-state index >= 15 is 0 Å². The number of fused-ring (bicyclic) bond motifs is 5. The normalized spacial score (nSPS) is 33.9. The molecule has 2 aromatic carbocycles. The summed E-state index contributed by atoms with van der Waals surface area (Å²) in [7, 11) is 0. The molecular formula is C25H24O5. The SMILES string of the molecule is CC1CC(=O)C2C3CC(C(OC(=O)c4ccccc4)C3OC(=O)c3ccccc3)C12. The van der Waals surface area contributed by atoms with Crippen LogP contribution in [-0.2, 0) is 14.3 Å². The van der Waals surface area contributed by atoms with Crippen molar-refractivity contribution in [1.29, 1.82) is 0 Å². The molecule has 5 rings (SSSR count). The third kappa shape index (κ3) is 3.04. The average Bonchev–Trinajstić information content (AvgIpc) is 3.41. The Balaban J connectivity index is 1.43. The molecule has 3 saturated carbocycles. The second-order valence-electron chi connectivity index (χ2n) is 8.79. The van der Waals surface area contributed by atoms with Crippen LogP contribution < -0.4 is 0 Å². The highest BCUT2D eigenvalue weighted by molar-refractivity contribution is 5.91. The lowest BCUT2D eigenvalue weighted by molar-refractivity contribution is -0.127. The van der Waals surface area contributed by atoms with Gasteiger partial charge in [0.25, 0.3) is 0 Å². The summed E-state index contributed by atoms with van der Waals surface area (Å²) >= 11 is 0. The van der Waals surface area contributed by atoms with E-state index in [1.807, 2.05) is 12.1 Å². The summed E-state index contributed by atoms with van der Waals surface area (Å²) in [4.78, 5) is 38.2. The molecule has 3 aliphatic rings. The Kier molecular flexibility index (Phi) is 4.69. The number of ether oxygens (including phenoxy) is 2. The predicted molar refractivity (Wildman–Crippen MR) is 109 cm³/mol. The van der Waals surface area contributed by atoms with Gasteiger partial charge in [-0.15, -0.1) is 0 Å². The van der Waals surface area contributed by atoms with Gasteiger partial charge < -0.3 is 9.47 Å². The summed E-state index contributed by atoms with van der Waals surface area (Å²) < 4.78 is 11.8. The zero-order valence-corrected chi connectivity index (χ0v) is 16.8. The van der Waals surface area contributed by atoms with Crippen LogP contribution in [0.4, 0.5) is 0 Å². The minimum atomic E-state index is -0.592. The van der Waals surface area contributed by atoms with Crippen molar-refractivity contribution in [2.24, 2.45) is 29.6 Å². The van der Waals surface area contributed by atoms with Gasteiger partial charge in [-0.2, -0.15) is 0 Å². The molecule has 2 aromatic rings. The molecule has 7 atom stereocenters. The number of carbonyl (C=O) groups is 3. The number of ketones is 1. The smallest absolute Gasteiger partial charge is 0.338 e. The lowest BCUT2D eigenvalue weighted by Crippen LogP contribution is -2.47. The molecule has 0 radical (unpaired) electrons. The van der Waals surface area contributed by atoms with Crippen LogP contribution in [0.3, 0.4) is 0 Å². The van der Waals surface area contributed by atoms with Crippen molar-refractivity contribution < 1.29 is 23.9 Å². The molecule has 0 saturated heterocycles. The molecule has 0 aliphatic heterocycles. The van der Waals surface area contributed by atoms with Crippen LogP contribution in [0.5, 0.6) is 0 Å². The first-order chi connectivity index (χ1) is 14.5. The van der Waals surface area contributed by atoms with Crippen LogP contribution in [0.2, 0.25) is 0 Å². The van der Waals surface area contributed by atoms with Gasteiger partial charge in [0.05, 0.1) is 11.1 Å². The molecule has 0 aromatic heterocycles. The molecule has 5 nitrogen and oxygen atoms in total. The fourth-order valence-corrected chi connectivity index (χ4v) is 6.01. The maximum absolute atomic E-state index is 12.8. The lowest BCUT2D eigenvalue weighted by atomic mass is 9.75. The van der Waals surface area contributed by atoms with Gasteiger partial charge in [0.2, 0.25) is 0 Å². The topological polar surface area (TPSA) is 69.7 Å². The first-order valence-corrected chi connectivity index (χ1v) is 10.6. The molecule has 0 spiro atoms. The first-order valence-electron chi connectivity index (χ1n) is 10.6. The second kappa shape index (κ2) is 7.38. The Hall–Kier alpha value is -2.95. The molecule has 0 heterocycles. The van der Waals surface area contributed by atoms with Crippen molar-refractivity contribution in [3.05, 3.63) is 71.8 Å². The number of carbonyl (C=O) groups excluding carboxylic acids is 3. The third-order valence-electron chi connectivity index (χ3n) is 7.14. The number of esters is 2. The van der Waals surface area contributed by atoms with Gasteiger partial charge in [-0.3, -0.25) is 4.79 Å². The Morgan fingerprint density at radius 2 is 1.30 bits per heavy atom. The largest absolute Gasteiger partial charge is 0.455 e. The van der Waals surface area contributed by atoms with E-state index in [4.69, 9.17) is 9.47 Å². The van der Waals surface area contributed by atoms with Gasteiger partial charge in [0.15, 0.2) is 0 Å². The van der Waals surface area contributed by atoms with Crippen molar-refractivity contribution in [1.82, 2.24) is 0 Å². The molecule has 0 amide bonds. The standard InChI is InChI=1S/C25H24O5/c1-14-12-19(26)21-18-13-17(20(14)21)22(29-24(27)15-8-4-2-5-9-15)23(18)30-25(28)16-10-6-3-7-11-16/h2-11,14,17-18,20-23H,12-13H2,1H3. The Morgan fingerprint density at radius 1 is 0.800 bits per heavy atom. The number of benzene rings is 2. The van der Waals surface area contributed by atoms with Crippen molar-refractivity contribution in [2.75, 3.05) is 0 Å². The summed E-state index contributed by atoms with van der Waals surface area (Å²) in [5.74, 6) is -0.268. The summed E-state index contributed by atoms with van der Waals surface area (Å²) in [6.45, 7) is 2.10. The van der Waals surface area contributed by atoms with E-state index in [-0.39, 0.29) is 35.4 Å². The van der Waals surface area contributed by atoms with Gasteiger partial charge in [-0.25, -0.2) is 9.59 Å². The molecule has 30 heavy (non-hydrogen) atoms. The van der Waals surface area contributed by atoms with Gasteiger partial charge >= 0.3 is 11.9 Å². The number of hydrogen-bond donors (Lipinski definition) is 0. The average molecular weight is 404 g/mol. The molecule has 7 unspecified atom stereocenters. The van der Waals surface area contributed by atoms with E-state index in [0.29, 0.717) is 17.5 Å². The Bertz CT molecular complexity index is 970. The van der Waals surface area contributed by atoms with Crippen LogP contribution in [-0.4, -0.2) is 29.9 Å². The number of rotatable bonds is 4. The summed E-state index contributed by atoms with van der Waals surface area (Å²) in [5.41, 5.74) is 0.927. The molecule has 2 bridgehead atoms. The Labute approximate surface area is 175 Å². The van der Waals surface area contributed by atoms with E-state index in [1.54, 1.807) is 48.5 Å². The van der Waals surface area contributed by atoms with E-state index in [1.165, 1.54) is 0 Å². The highest BCUT2D eigenvalue weighted by Gasteiger charge is 2.66. The van der Waals surface area contributed by atoms with Gasteiger partial charge in [0, 0.05) is 24.2 Å². The van der Waals surface area contributed by atoms with E-state index in [9.17, 15) is 14.4 Å². The zero-order chi connectivity index (χ0) is 20.8. The van der Waals surface area contributed by atoms with Crippen molar-refractivity contribution >= 4 is 17.7 Å². The maximum Gasteiger partial charge on any atom is 0.338 e. The summed E-state index contributed by atoms with van der Waals surface area (Å²) in [6.07, 6.45) is 0.196. The third-order valence-corrected chi connectivity index (χ3v) is 7.14. The molecule has 3 fully saturated rings. The van der Waals surface area contributed by atoms with Gasteiger partial charge in [0.1, 0.15) is 18.0 Å². The fraction of sp³-hybridized carbons (Fsp3) is 0.400. The molecule has 154 valence electrons. The monoisotopic (exact) mass is 404 g/mol. The number of hydrogen-bond acceptors (Lipinski definition) is 5. The maximum atomic E-state index is 12.8. The van der Waals surface area contributed by atoms with Crippen molar-refractivity contribution in [3.63, 3.8) is 0 Å². The van der Waals surface area contributed by atoms with Crippen LogP contribution in [0, 0.1) is 29.6 Å². The van der Waals surface area contributed by atoms with Crippen LogP contribution in [0.1, 0.15) is 40.5 Å². The van der Waals surface area contributed by atoms with Gasteiger partial charge in [-0.05, 0) is 42.5 Å². The molecular weight excluding hydrogens is 380 g/mol. The summed E-state index contributed by atoms with van der Waals surface area (Å²) in [6, 6.07) is 17.6.